The second kappa shape index (κ2) is 11.3. The maximum absolute atomic E-state index is 13.5. The van der Waals surface area contributed by atoms with Gasteiger partial charge in [0.05, 0.1) is 24.2 Å². The number of nitrogens with zero attached hydrogens (tertiary/aromatic N) is 2. The Morgan fingerprint density at radius 2 is 1.89 bits per heavy atom. The highest BCUT2D eigenvalue weighted by Gasteiger charge is 2.29. The molecule has 2 atom stereocenters. The zero-order valence-corrected chi connectivity index (χ0v) is 21.5. The molecular formula is C26H27N5O6S. The highest BCUT2D eigenvalue weighted by Crippen LogP contribution is 2.28. The Hall–Kier alpha value is -4.42. The van der Waals surface area contributed by atoms with Gasteiger partial charge in [-0.25, -0.2) is 13.4 Å². The lowest BCUT2D eigenvalue weighted by molar-refractivity contribution is -0.125. The molecule has 2 aromatic carbocycles. The second-order valence-corrected chi connectivity index (χ2v) is 10.6. The largest absolute Gasteiger partial charge is 0.464 e. The second-order valence-electron chi connectivity index (χ2n) is 8.62. The molecule has 0 radical (unpaired) electrons. The van der Waals surface area contributed by atoms with Crippen LogP contribution in [-0.2, 0) is 21.2 Å². The first-order valence-corrected chi connectivity index (χ1v) is 13.4. The molecule has 0 fully saturated rings. The van der Waals surface area contributed by atoms with Gasteiger partial charge < -0.3 is 19.8 Å². The van der Waals surface area contributed by atoms with Crippen LogP contribution in [-0.4, -0.2) is 60.8 Å². The number of hydrogen-bond acceptors (Lipinski definition) is 7. The molecule has 0 aliphatic heterocycles. The first-order valence-electron chi connectivity index (χ1n) is 11.6. The van der Waals surface area contributed by atoms with Crippen molar-refractivity contribution in [3.63, 3.8) is 0 Å². The summed E-state index contributed by atoms with van der Waals surface area (Å²) in [6.07, 6.45) is 4.00. The summed E-state index contributed by atoms with van der Waals surface area (Å²) in [5.41, 5.74) is 1.61. The Morgan fingerprint density at radius 3 is 2.53 bits per heavy atom. The average molecular weight is 538 g/mol. The molecule has 0 unspecified atom stereocenters. The molecule has 0 saturated heterocycles. The number of carbonyl (C=O) groups is 2. The van der Waals surface area contributed by atoms with Gasteiger partial charge in [0.2, 0.25) is 16.0 Å². The number of sulfonamides is 1. The number of aliphatic hydroxyl groups excluding tert-OH is 1. The van der Waals surface area contributed by atoms with Crippen LogP contribution < -0.4 is 14.9 Å². The van der Waals surface area contributed by atoms with Gasteiger partial charge in [-0.05, 0) is 42.3 Å². The monoisotopic (exact) mass is 537 g/mol. The van der Waals surface area contributed by atoms with Crippen molar-refractivity contribution in [2.24, 2.45) is 0 Å². The zero-order chi connectivity index (χ0) is 27.3. The third-order valence-electron chi connectivity index (χ3n) is 5.85. The van der Waals surface area contributed by atoms with Crippen molar-refractivity contribution in [2.45, 2.75) is 18.6 Å². The molecule has 0 bridgehead atoms. The van der Waals surface area contributed by atoms with Crippen LogP contribution >= 0.6 is 0 Å². The number of carbonyl (C=O) groups excluding carboxylic acids is 2. The summed E-state index contributed by atoms with van der Waals surface area (Å²) in [5, 5.41) is 16.1. The molecule has 0 saturated carbocycles. The maximum atomic E-state index is 13.5. The number of anilines is 2. The smallest absolute Gasteiger partial charge is 0.257 e. The summed E-state index contributed by atoms with van der Waals surface area (Å²) in [4.78, 5) is 32.9. The van der Waals surface area contributed by atoms with E-state index >= 15 is 0 Å². The van der Waals surface area contributed by atoms with Gasteiger partial charge in [-0.2, -0.15) is 0 Å². The fraction of sp³-hybridized carbons (Fsp3) is 0.192. The Balaban J connectivity index is 1.65. The van der Waals surface area contributed by atoms with Crippen molar-refractivity contribution in [2.75, 3.05) is 22.9 Å². The van der Waals surface area contributed by atoms with E-state index in [9.17, 15) is 23.1 Å². The normalized spacial score (nSPS) is 12.9. The van der Waals surface area contributed by atoms with Crippen LogP contribution in [0.3, 0.4) is 0 Å². The van der Waals surface area contributed by atoms with Gasteiger partial charge in [0.1, 0.15) is 5.76 Å². The first kappa shape index (κ1) is 26.6. The number of furan rings is 1. The third-order valence-corrected chi connectivity index (χ3v) is 7.06. The molecule has 198 valence electrons. The van der Waals surface area contributed by atoms with Gasteiger partial charge in [0, 0.05) is 30.6 Å². The molecule has 2 heterocycles. The van der Waals surface area contributed by atoms with E-state index in [2.05, 4.69) is 20.6 Å². The third kappa shape index (κ3) is 6.47. The van der Waals surface area contributed by atoms with E-state index in [4.69, 9.17) is 4.42 Å². The molecule has 2 aromatic heterocycles. The van der Waals surface area contributed by atoms with Crippen molar-refractivity contribution in [1.29, 1.82) is 0 Å². The number of aromatic nitrogens is 2. The van der Waals surface area contributed by atoms with E-state index in [1.165, 1.54) is 31.8 Å². The molecule has 38 heavy (non-hydrogen) atoms. The van der Waals surface area contributed by atoms with E-state index in [1.54, 1.807) is 24.3 Å². The number of imidazole rings is 1. The van der Waals surface area contributed by atoms with Crippen LogP contribution in [0.1, 0.15) is 15.9 Å². The molecule has 2 amide bonds. The molecule has 0 aliphatic rings. The van der Waals surface area contributed by atoms with Crippen LogP contribution in [0.4, 0.5) is 11.6 Å². The molecule has 0 aliphatic carbocycles. The fourth-order valence-electron chi connectivity index (χ4n) is 3.77. The maximum Gasteiger partial charge on any atom is 0.257 e. The van der Waals surface area contributed by atoms with Gasteiger partial charge in [-0.1, -0.05) is 30.3 Å². The quantitative estimate of drug-likeness (QED) is 0.242. The van der Waals surface area contributed by atoms with Crippen molar-refractivity contribution in [1.82, 2.24) is 15.3 Å². The summed E-state index contributed by atoms with van der Waals surface area (Å²) in [6.45, 7) is 0. The van der Waals surface area contributed by atoms with E-state index in [0.29, 0.717) is 11.3 Å². The Labute approximate surface area is 219 Å². The molecule has 4 aromatic rings. The van der Waals surface area contributed by atoms with E-state index in [1.807, 2.05) is 30.3 Å². The van der Waals surface area contributed by atoms with Crippen LogP contribution in [0.15, 0.2) is 83.7 Å². The van der Waals surface area contributed by atoms with E-state index in [0.717, 1.165) is 16.1 Å². The Bertz CT molecular complexity index is 1490. The van der Waals surface area contributed by atoms with Crippen molar-refractivity contribution >= 4 is 33.5 Å². The first-order chi connectivity index (χ1) is 18.1. The summed E-state index contributed by atoms with van der Waals surface area (Å²) in [6, 6.07) is 16.0. The Kier molecular flexibility index (Phi) is 7.93. The fourth-order valence-corrected chi connectivity index (χ4v) is 4.26. The predicted molar refractivity (Wildman–Crippen MR) is 142 cm³/mol. The van der Waals surface area contributed by atoms with E-state index < -0.39 is 34.0 Å². The number of hydrogen-bond donors (Lipinski definition) is 4. The average Bonchev–Trinajstić information content (AvgIpc) is 3.62. The van der Waals surface area contributed by atoms with E-state index in [-0.39, 0.29) is 23.6 Å². The van der Waals surface area contributed by atoms with Gasteiger partial charge in [0.25, 0.3) is 11.8 Å². The minimum atomic E-state index is -3.63. The number of aliphatic hydroxyl groups is 1. The van der Waals surface area contributed by atoms with Crippen LogP contribution in [0.5, 0.6) is 0 Å². The minimum absolute atomic E-state index is 0.112. The lowest BCUT2D eigenvalue weighted by Crippen LogP contribution is -2.50. The summed E-state index contributed by atoms with van der Waals surface area (Å²) in [7, 11) is -2.25. The SMILES string of the molecule is CN(c1cc(C(=O)N[C@@H](Cc2ccccc2)[C@@H](O)C(=O)Nc2ncc[nH]2)cc(-c2ccco2)c1)S(C)(=O)=O. The molecule has 12 heteroatoms. The number of aromatic amines is 1. The number of H-pyrrole nitrogens is 1. The van der Waals surface area contributed by atoms with Crippen LogP contribution in [0.2, 0.25) is 0 Å². The minimum Gasteiger partial charge on any atom is -0.464 e. The van der Waals surface area contributed by atoms with Crippen molar-refractivity contribution in [3.05, 3.63) is 90.4 Å². The van der Waals surface area contributed by atoms with Crippen LogP contribution in [0.25, 0.3) is 11.3 Å². The molecular weight excluding hydrogens is 510 g/mol. The molecule has 4 rings (SSSR count). The Morgan fingerprint density at radius 1 is 1.13 bits per heavy atom. The standard InChI is InChI=1S/C26H27N5O6S/c1-31(38(2,35)36)20-15-18(22-9-6-12-37-22)14-19(16-20)24(33)29-21(13-17-7-4-3-5-8-17)23(32)25(34)30-26-27-10-11-28-26/h3-12,14-16,21,23,32H,13H2,1-2H3,(H,29,33)(H2,27,28,30,34)/t21-,23+/m0/s1. The van der Waals surface area contributed by atoms with Crippen molar-refractivity contribution < 1.29 is 27.5 Å². The number of benzene rings is 2. The number of amides is 2. The predicted octanol–water partition coefficient (Wildman–Crippen LogP) is 2.41. The summed E-state index contributed by atoms with van der Waals surface area (Å²) < 4.78 is 30.9. The lowest BCUT2D eigenvalue weighted by Gasteiger charge is -2.24. The summed E-state index contributed by atoms with van der Waals surface area (Å²) in [5.74, 6) is -0.796. The topological polar surface area (TPSA) is 158 Å². The summed E-state index contributed by atoms with van der Waals surface area (Å²) >= 11 is 0. The van der Waals surface area contributed by atoms with Gasteiger partial charge >= 0.3 is 0 Å². The van der Waals surface area contributed by atoms with Crippen molar-refractivity contribution in [3.8, 4) is 11.3 Å². The highest BCUT2D eigenvalue weighted by molar-refractivity contribution is 7.92. The molecule has 11 nitrogen and oxygen atoms in total. The number of rotatable bonds is 10. The zero-order valence-electron chi connectivity index (χ0n) is 20.7. The van der Waals surface area contributed by atoms with Gasteiger partial charge in [0.15, 0.2) is 6.10 Å². The lowest BCUT2D eigenvalue weighted by atomic mass is 9.99. The number of nitrogens with one attached hydrogen (secondary N) is 3. The van der Waals surface area contributed by atoms with Gasteiger partial charge in [-0.15, -0.1) is 0 Å². The highest BCUT2D eigenvalue weighted by atomic mass is 32.2. The molecule has 4 N–H and O–H groups in total. The van der Waals surface area contributed by atoms with Crippen LogP contribution in [0, 0.1) is 0 Å². The van der Waals surface area contributed by atoms with Gasteiger partial charge in [-0.3, -0.25) is 19.2 Å². The molecule has 0 spiro atoms.